The fourth-order valence-electron chi connectivity index (χ4n) is 4.16. The standard InChI is InChI=1S/2C13H14.C9H12.6C2H6.4CH3.4Y/c1-10(2)12-9-5-7-11-6-3-4-8-13(11)12;1-10(2)12-8-7-11-5-3-4-6-13(11)9-12;1-8(2)9-6-4-3-5-7-9;6*1-2;;;;;;;;/h2*3-10H,1-2H3;3-8H,1-2H3;6*1-2H3;4*1H3;;;;/q;;;;;;;;;4*-1;;;;. The van der Waals surface area contributed by atoms with Crippen LogP contribution in [-0.4, -0.2) is 0 Å². The van der Waals surface area contributed by atoms with Gasteiger partial charge in [0.25, 0.3) is 0 Å². The third kappa shape index (κ3) is 40.2. The molecule has 5 rings (SSSR count). The molecule has 55 heavy (non-hydrogen) atoms. The van der Waals surface area contributed by atoms with Gasteiger partial charge in [-0.2, -0.15) is 0 Å². The van der Waals surface area contributed by atoms with Gasteiger partial charge in [0.2, 0.25) is 0 Å². The van der Waals surface area contributed by atoms with Crippen molar-refractivity contribution < 1.29 is 131 Å². The van der Waals surface area contributed by atoms with E-state index in [2.05, 4.69) is 151 Å². The molecule has 0 unspecified atom stereocenters. The summed E-state index contributed by atoms with van der Waals surface area (Å²) in [4.78, 5) is 0. The smallest absolute Gasteiger partial charge is 0 e. The second-order valence-corrected chi connectivity index (χ2v) is 10.0. The van der Waals surface area contributed by atoms with Crippen molar-refractivity contribution >= 4 is 21.5 Å². The Kier molecular flexibility index (Phi) is 102. The van der Waals surface area contributed by atoms with Crippen molar-refractivity contribution in [2.75, 3.05) is 0 Å². The Morgan fingerprint density at radius 1 is 0.291 bits per heavy atom. The van der Waals surface area contributed by atoms with Gasteiger partial charge in [-0.1, -0.05) is 240 Å². The summed E-state index contributed by atoms with van der Waals surface area (Å²) < 4.78 is 0. The maximum atomic E-state index is 2.28. The minimum absolute atomic E-state index is 0. The molecule has 4 radical (unpaired) electrons. The van der Waals surface area contributed by atoms with Gasteiger partial charge in [0.1, 0.15) is 0 Å². The number of rotatable bonds is 3. The van der Waals surface area contributed by atoms with Crippen LogP contribution in [0, 0.1) is 29.7 Å². The Morgan fingerprint density at radius 2 is 0.636 bits per heavy atom. The number of hydrogen-bond donors (Lipinski definition) is 0. The minimum Gasteiger partial charge on any atom is -0.358 e. The summed E-state index contributed by atoms with van der Waals surface area (Å²) in [5.74, 6) is 1.88. The molecule has 5 aromatic rings. The van der Waals surface area contributed by atoms with E-state index >= 15 is 0 Å². The van der Waals surface area contributed by atoms with E-state index in [4.69, 9.17) is 0 Å². The molecule has 0 bridgehead atoms. The molecule has 0 aromatic heterocycles. The maximum Gasteiger partial charge on any atom is 0 e. The van der Waals surface area contributed by atoms with Crippen molar-refractivity contribution in [2.24, 2.45) is 0 Å². The average Bonchev–Trinajstić information content (AvgIpc) is 3.17. The summed E-state index contributed by atoms with van der Waals surface area (Å²) in [7, 11) is 0. The van der Waals surface area contributed by atoms with Crippen LogP contribution in [-0.2, 0) is 131 Å². The van der Waals surface area contributed by atoms with Crippen LogP contribution in [0.5, 0.6) is 0 Å². The van der Waals surface area contributed by atoms with Crippen molar-refractivity contribution in [3.8, 4) is 0 Å². The monoisotopic (exact) mass is 1060 g/mol. The number of fused-ring (bicyclic) bond motifs is 2. The van der Waals surface area contributed by atoms with Gasteiger partial charge in [0.15, 0.2) is 0 Å². The summed E-state index contributed by atoms with van der Waals surface area (Å²) in [6.07, 6.45) is 0. The van der Waals surface area contributed by atoms with Gasteiger partial charge in [-0.3, -0.25) is 0 Å². The first kappa shape index (κ1) is 87.5. The molecule has 0 heterocycles. The van der Waals surface area contributed by atoms with Gasteiger partial charge >= 0.3 is 0 Å². The second kappa shape index (κ2) is 64.2. The molecule has 5 aromatic carbocycles. The summed E-state index contributed by atoms with van der Waals surface area (Å²) in [6.45, 7) is 37.3. The van der Waals surface area contributed by atoms with Gasteiger partial charge in [0.05, 0.1) is 0 Å². The molecule has 0 saturated carbocycles. The first-order valence-electron chi connectivity index (χ1n) is 18.9. The van der Waals surface area contributed by atoms with E-state index in [1.54, 1.807) is 0 Å². The molecule has 0 saturated heterocycles. The zero-order valence-electron chi connectivity index (χ0n) is 40.5. The number of hydrogen-bond acceptors (Lipinski definition) is 0. The van der Waals surface area contributed by atoms with E-state index in [-0.39, 0.29) is 161 Å². The average molecular weight is 1060 g/mol. The third-order valence-electron chi connectivity index (χ3n) is 6.35. The molecule has 0 aliphatic rings. The molecule has 0 atom stereocenters. The van der Waals surface area contributed by atoms with Crippen molar-refractivity contribution in [2.45, 2.75) is 142 Å². The third-order valence-corrected chi connectivity index (χ3v) is 6.35. The second-order valence-electron chi connectivity index (χ2n) is 10.0. The van der Waals surface area contributed by atoms with E-state index < -0.39 is 0 Å². The van der Waals surface area contributed by atoms with E-state index in [9.17, 15) is 0 Å². The van der Waals surface area contributed by atoms with E-state index in [0.29, 0.717) is 17.8 Å². The molecule has 0 aliphatic carbocycles. The van der Waals surface area contributed by atoms with Crippen LogP contribution >= 0.6 is 0 Å². The largest absolute Gasteiger partial charge is 0.358 e. The summed E-state index contributed by atoms with van der Waals surface area (Å²) in [5, 5.41) is 5.40. The Bertz CT molecular complexity index is 1320. The van der Waals surface area contributed by atoms with Gasteiger partial charge in [0, 0.05) is 131 Å². The van der Waals surface area contributed by atoms with E-state index in [0.717, 1.165) is 0 Å². The topological polar surface area (TPSA) is 0 Å². The fraction of sp³-hybridized carbons (Fsp3) is 0.412. The van der Waals surface area contributed by atoms with Crippen LogP contribution in [0.2, 0.25) is 0 Å². The quantitative estimate of drug-likeness (QED) is 0.158. The predicted molar refractivity (Wildman–Crippen MR) is 250 cm³/mol. The van der Waals surface area contributed by atoms with Crippen LogP contribution in [0.4, 0.5) is 0 Å². The van der Waals surface area contributed by atoms with Crippen LogP contribution in [0.15, 0.2) is 115 Å². The van der Waals surface area contributed by atoms with Gasteiger partial charge in [-0.15, -0.1) is 0 Å². The molecule has 0 spiro atoms. The van der Waals surface area contributed by atoms with Crippen LogP contribution in [0.25, 0.3) is 21.5 Å². The fourth-order valence-corrected chi connectivity index (χ4v) is 4.16. The summed E-state index contributed by atoms with van der Waals surface area (Å²) in [6, 6.07) is 40.8. The van der Waals surface area contributed by atoms with E-state index in [1.165, 1.54) is 38.2 Å². The van der Waals surface area contributed by atoms with Crippen molar-refractivity contribution in [3.05, 3.63) is 162 Å². The summed E-state index contributed by atoms with van der Waals surface area (Å²) >= 11 is 0. The SMILES string of the molecule is CC.CC.CC.CC.CC.CC.CC(C)c1ccc2ccccc2c1.CC(C)c1cccc2ccccc12.CC(C)c1ccccc1.[CH3-].[CH3-].[CH3-].[CH3-].[Y].[Y].[Y].[Y]. The Hall–Kier alpha value is 1.04. The minimum atomic E-state index is 0. The Morgan fingerprint density at radius 3 is 1.02 bits per heavy atom. The molecular formula is C51H88Y4-4. The van der Waals surface area contributed by atoms with Gasteiger partial charge in [-0.25, -0.2) is 0 Å². The van der Waals surface area contributed by atoms with Crippen molar-refractivity contribution in [1.82, 2.24) is 0 Å². The predicted octanol–water partition coefficient (Wildman–Crippen LogP) is 18.7. The molecule has 0 N–H and O–H groups in total. The Balaban J connectivity index is -0.0000000419. The molecule has 4 heteroatoms. The molecule has 308 valence electrons. The van der Waals surface area contributed by atoms with Gasteiger partial charge in [-0.05, 0) is 56.0 Å². The van der Waals surface area contributed by atoms with Gasteiger partial charge < -0.3 is 29.7 Å². The van der Waals surface area contributed by atoms with Crippen LogP contribution < -0.4 is 0 Å². The first-order valence-corrected chi connectivity index (χ1v) is 18.9. The summed E-state index contributed by atoms with van der Waals surface area (Å²) in [5.41, 5.74) is 4.27. The van der Waals surface area contributed by atoms with Crippen molar-refractivity contribution in [1.29, 1.82) is 0 Å². The molecule has 0 nitrogen and oxygen atoms in total. The zero-order chi connectivity index (χ0) is 37.2. The first-order chi connectivity index (χ1) is 22.9. The van der Waals surface area contributed by atoms with Crippen LogP contribution in [0.3, 0.4) is 0 Å². The molecule has 0 fully saturated rings. The molecule has 0 aliphatic heterocycles. The number of benzene rings is 5. The molecular weight excluding hydrogens is 968 g/mol. The van der Waals surface area contributed by atoms with E-state index in [1.807, 2.05) is 89.2 Å². The van der Waals surface area contributed by atoms with Crippen molar-refractivity contribution in [3.63, 3.8) is 0 Å². The Labute approximate surface area is 450 Å². The zero-order valence-corrected chi connectivity index (χ0v) is 51.9. The normalized spacial score (nSPS) is 7.51. The van der Waals surface area contributed by atoms with Crippen LogP contribution in [0.1, 0.15) is 159 Å². The molecule has 0 amide bonds. The maximum absolute atomic E-state index is 2.28.